The molecule has 8 rings (SSSR count). The molecule has 0 spiro atoms. The van der Waals surface area contributed by atoms with Crippen molar-refractivity contribution in [3.63, 3.8) is 0 Å². The number of piperidine rings is 1. The van der Waals surface area contributed by atoms with Crippen LogP contribution < -0.4 is 9.64 Å². The van der Waals surface area contributed by atoms with E-state index in [2.05, 4.69) is 19.8 Å². The topological polar surface area (TPSA) is 54.4 Å². The molecule has 2 atom stereocenters. The molecule has 4 fully saturated rings. The summed E-state index contributed by atoms with van der Waals surface area (Å²) in [7, 11) is 0. The lowest BCUT2D eigenvalue weighted by Gasteiger charge is -2.34. The molecule has 2 aromatic heterocycles. The second kappa shape index (κ2) is 9.58. The van der Waals surface area contributed by atoms with Gasteiger partial charge in [0, 0.05) is 30.2 Å². The van der Waals surface area contributed by atoms with Gasteiger partial charge in [-0.15, -0.1) is 0 Å². The van der Waals surface area contributed by atoms with Crippen LogP contribution in [0.2, 0.25) is 0 Å². The molecule has 8 heteroatoms. The molecule has 41 heavy (non-hydrogen) atoms. The van der Waals surface area contributed by atoms with Crippen LogP contribution in [0.15, 0.2) is 36.5 Å². The summed E-state index contributed by atoms with van der Waals surface area (Å²) in [6.07, 6.45) is 9.96. The maximum atomic E-state index is 16.6. The Hall–Kier alpha value is -3.39. The van der Waals surface area contributed by atoms with E-state index >= 15 is 8.78 Å². The summed E-state index contributed by atoms with van der Waals surface area (Å²) in [4.78, 5) is 19.0. The van der Waals surface area contributed by atoms with E-state index in [1.807, 2.05) is 19.1 Å². The van der Waals surface area contributed by atoms with Crippen molar-refractivity contribution < 1.29 is 13.5 Å². The third-order valence-corrected chi connectivity index (χ3v) is 10.2. The molecule has 0 N–H and O–H groups in total. The molecule has 212 valence electrons. The average Bonchev–Trinajstić information content (AvgIpc) is 3.65. The Balaban J connectivity index is 1.26. The predicted octanol–water partition coefficient (Wildman–Crippen LogP) is 6.68. The Morgan fingerprint density at radius 2 is 1.80 bits per heavy atom. The summed E-state index contributed by atoms with van der Waals surface area (Å²) in [6.45, 7) is 6.45. The Morgan fingerprint density at radius 1 is 1.02 bits per heavy atom. The minimum atomic E-state index is -0.562. The molecular weight excluding hydrogens is 520 g/mol. The van der Waals surface area contributed by atoms with E-state index in [-0.39, 0.29) is 22.8 Å². The van der Waals surface area contributed by atoms with Gasteiger partial charge in [0.05, 0.1) is 10.9 Å². The minimum Gasteiger partial charge on any atom is -0.461 e. The molecular formula is C33H35F2N5O. The molecule has 4 aliphatic rings. The highest BCUT2D eigenvalue weighted by molar-refractivity contribution is 5.99. The number of pyridine rings is 1. The van der Waals surface area contributed by atoms with Gasteiger partial charge >= 0.3 is 6.01 Å². The summed E-state index contributed by atoms with van der Waals surface area (Å²) >= 11 is 0. The van der Waals surface area contributed by atoms with Crippen molar-refractivity contribution in [2.75, 3.05) is 37.7 Å². The molecule has 2 bridgehead atoms. The second-order valence-electron chi connectivity index (χ2n) is 12.8. The number of benzene rings is 2. The quantitative estimate of drug-likeness (QED) is 0.274. The number of ether oxygens (including phenoxy) is 1. The van der Waals surface area contributed by atoms with Crippen molar-refractivity contribution in [3.8, 4) is 17.3 Å². The van der Waals surface area contributed by atoms with Crippen LogP contribution in [-0.4, -0.2) is 58.2 Å². The number of aromatic nitrogens is 3. The molecule has 0 amide bonds. The van der Waals surface area contributed by atoms with Crippen molar-refractivity contribution in [2.45, 2.75) is 57.4 Å². The van der Waals surface area contributed by atoms with Crippen LogP contribution in [0, 0.1) is 30.4 Å². The number of nitrogens with zero attached hydrogens (tertiary/aromatic N) is 5. The van der Waals surface area contributed by atoms with Gasteiger partial charge in [0.25, 0.3) is 0 Å². The first-order valence-corrected chi connectivity index (χ1v) is 15.2. The predicted molar refractivity (Wildman–Crippen MR) is 156 cm³/mol. The number of aryl methyl sites for hydroxylation is 1. The fraction of sp³-hybridized carbons (Fsp3) is 0.485. The van der Waals surface area contributed by atoms with Gasteiger partial charge in [-0.05, 0) is 99.9 Å². The summed E-state index contributed by atoms with van der Waals surface area (Å²) < 4.78 is 38.1. The van der Waals surface area contributed by atoms with Crippen molar-refractivity contribution in [1.29, 1.82) is 0 Å². The molecule has 0 radical (unpaired) electrons. The van der Waals surface area contributed by atoms with Crippen LogP contribution in [0.5, 0.6) is 6.01 Å². The van der Waals surface area contributed by atoms with E-state index < -0.39 is 11.6 Å². The van der Waals surface area contributed by atoms with Crippen LogP contribution in [0.25, 0.3) is 32.9 Å². The molecule has 3 aliphatic heterocycles. The fourth-order valence-corrected chi connectivity index (χ4v) is 8.27. The third-order valence-electron chi connectivity index (χ3n) is 10.2. The van der Waals surface area contributed by atoms with Gasteiger partial charge in [-0.2, -0.15) is 9.97 Å². The first-order valence-electron chi connectivity index (χ1n) is 15.2. The number of hydrogen-bond acceptors (Lipinski definition) is 6. The fourth-order valence-electron chi connectivity index (χ4n) is 8.27. The molecule has 2 aromatic carbocycles. The number of halogens is 2. The van der Waals surface area contributed by atoms with Crippen molar-refractivity contribution in [3.05, 3.63) is 53.7 Å². The molecule has 5 heterocycles. The van der Waals surface area contributed by atoms with E-state index in [0.29, 0.717) is 40.6 Å². The van der Waals surface area contributed by atoms with Crippen LogP contribution in [0.4, 0.5) is 14.6 Å². The lowest BCUT2D eigenvalue weighted by atomic mass is 9.95. The molecule has 2 unspecified atom stereocenters. The van der Waals surface area contributed by atoms with Crippen molar-refractivity contribution in [2.24, 2.45) is 11.8 Å². The summed E-state index contributed by atoms with van der Waals surface area (Å²) in [5.74, 6) is 1.00. The van der Waals surface area contributed by atoms with Crippen LogP contribution in [-0.2, 0) is 0 Å². The first kappa shape index (κ1) is 25.3. The summed E-state index contributed by atoms with van der Waals surface area (Å²) in [6, 6.07) is 8.86. The van der Waals surface area contributed by atoms with Crippen LogP contribution in [0.1, 0.15) is 50.5 Å². The molecule has 3 saturated heterocycles. The monoisotopic (exact) mass is 555 g/mol. The maximum Gasteiger partial charge on any atom is 0.319 e. The average molecular weight is 556 g/mol. The van der Waals surface area contributed by atoms with E-state index in [1.165, 1.54) is 38.2 Å². The first-order chi connectivity index (χ1) is 20.0. The number of hydrogen-bond donors (Lipinski definition) is 0. The van der Waals surface area contributed by atoms with Crippen molar-refractivity contribution in [1.82, 2.24) is 19.9 Å². The van der Waals surface area contributed by atoms with Gasteiger partial charge < -0.3 is 9.64 Å². The molecule has 1 aliphatic carbocycles. The van der Waals surface area contributed by atoms with Gasteiger partial charge in [-0.1, -0.05) is 18.2 Å². The highest BCUT2D eigenvalue weighted by atomic mass is 19.1. The third kappa shape index (κ3) is 4.17. The van der Waals surface area contributed by atoms with Gasteiger partial charge in [0.2, 0.25) is 0 Å². The highest BCUT2D eigenvalue weighted by Crippen LogP contribution is 2.42. The lowest BCUT2D eigenvalue weighted by Crippen LogP contribution is -2.43. The minimum absolute atomic E-state index is 0.0304. The standard InChI is InChI=1S/C33H35F2N5O/c1-20-13-23-5-2-6-26(34)27(23)24(14-20)29-28(35)30-25(16-36-29)31(39-17-21-7-8-22(15-21)18-39)38-32(37-30)41-19-33-9-3-11-40(33)12-4-10-33/h2,5-6,13-14,16,21-22H,3-4,7-12,15,17-19H2,1H3. The largest absolute Gasteiger partial charge is 0.461 e. The number of rotatable bonds is 5. The summed E-state index contributed by atoms with van der Waals surface area (Å²) in [5.41, 5.74) is 1.66. The van der Waals surface area contributed by atoms with Crippen LogP contribution >= 0.6 is 0 Å². The SMILES string of the molecule is Cc1cc(-c2ncc3c(N4CC5CCC(C5)C4)nc(OCC45CCCN4CCC5)nc3c2F)c2c(F)cccc2c1. The Morgan fingerprint density at radius 3 is 2.59 bits per heavy atom. The number of anilines is 1. The summed E-state index contributed by atoms with van der Waals surface area (Å²) in [5, 5.41) is 1.66. The molecule has 6 nitrogen and oxygen atoms in total. The smallest absolute Gasteiger partial charge is 0.319 e. The Kier molecular flexibility index (Phi) is 5.92. The van der Waals surface area contributed by atoms with E-state index in [0.717, 1.165) is 50.0 Å². The molecule has 4 aromatic rings. The van der Waals surface area contributed by atoms with Crippen LogP contribution in [0.3, 0.4) is 0 Å². The van der Waals surface area contributed by atoms with Gasteiger partial charge in [0.15, 0.2) is 5.82 Å². The molecule has 1 saturated carbocycles. The lowest BCUT2D eigenvalue weighted by molar-refractivity contribution is 0.108. The Bertz CT molecular complexity index is 1650. The van der Waals surface area contributed by atoms with E-state index in [1.54, 1.807) is 18.3 Å². The Labute approximate surface area is 238 Å². The van der Waals surface area contributed by atoms with E-state index in [9.17, 15) is 0 Å². The number of fused-ring (bicyclic) bond motifs is 5. The zero-order valence-corrected chi connectivity index (χ0v) is 23.5. The highest BCUT2D eigenvalue weighted by Gasteiger charge is 2.45. The maximum absolute atomic E-state index is 16.6. The second-order valence-corrected chi connectivity index (χ2v) is 12.8. The van der Waals surface area contributed by atoms with Gasteiger partial charge in [0.1, 0.15) is 29.5 Å². The van der Waals surface area contributed by atoms with Crippen molar-refractivity contribution >= 4 is 27.5 Å². The van der Waals surface area contributed by atoms with Gasteiger partial charge in [-0.25, -0.2) is 8.78 Å². The zero-order chi connectivity index (χ0) is 27.7. The normalized spacial score (nSPS) is 23.5. The zero-order valence-electron chi connectivity index (χ0n) is 23.5. The van der Waals surface area contributed by atoms with Gasteiger partial charge in [-0.3, -0.25) is 9.88 Å². The van der Waals surface area contributed by atoms with E-state index in [4.69, 9.17) is 9.72 Å².